The van der Waals surface area contributed by atoms with Crippen molar-refractivity contribution in [1.29, 1.82) is 0 Å². The summed E-state index contributed by atoms with van der Waals surface area (Å²) in [7, 11) is 0. The molecular formula is C16H29N3O. The third-order valence-electron chi connectivity index (χ3n) is 5.52. The first-order valence-corrected chi connectivity index (χ1v) is 8.52. The molecule has 0 aromatic heterocycles. The van der Waals surface area contributed by atoms with Crippen LogP contribution in [0, 0.1) is 5.92 Å². The van der Waals surface area contributed by atoms with Crippen LogP contribution in [-0.2, 0) is 4.79 Å². The van der Waals surface area contributed by atoms with Crippen molar-refractivity contribution in [1.82, 2.24) is 9.80 Å². The molecule has 114 valence electrons. The predicted molar refractivity (Wildman–Crippen MR) is 80.3 cm³/mol. The van der Waals surface area contributed by atoms with E-state index in [1.165, 1.54) is 19.3 Å². The number of carbonyl (C=O) groups is 1. The molecule has 4 heteroatoms. The van der Waals surface area contributed by atoms with Crippen molar-refractivity contribution in [2.75, 3.05) is 26.2 Å². The molecule has 1 saturated carbocycles. The molecular weight excluding hydrogens is 250 g/mol. The van der Waals surface area contributed by atoms with Crippen molar-refractivity contribution >= 4 is 5.91 Å². The SMILES string of the molecule is NC1CCN(C2CCN(C(=O)C3CCCCC3)C2)CC1. The monoisotopic (exact) mass is 279 g/mol. The van der Waals surface area contributed by atoms with Gasteiger partial charge in [-0.3, -0.25) is 9.69 Å². The van der Waals surface area contributed by atoms with E-state index in [1.54, 1.807) is 0 Å². The first kappa shape index (κ1) is 14.3. The molecule has 3 rings (SSSR count). The van der Waals surface area contributed by atoms with Gasteiger partial charge in [0.1, 0.15) is 0 Å². The maximum atomic E-state index is 12.6. The van der Waals surface area contributed by atoms with Crippen molar-refractivity contribution in [3.63, 3.8) is 0 Å². The van der Waals surface area contributed by atoms with Gasteiger partial charge in [0.05, 0.1) is 0 Å². The summed E-state index contributed by atoms with van der Waals surface area (Å²) >= 11 is 0. The standard InChI is InChI=1S/C16H29N3O/c17-14-6-9-18(10-7-14)15-8-11-19(12-15)16(20)13-4-2-1-3-5-13/h13-15H,1-12,17H2. The fourth-order valence-corrected chi connectivity index (χ4v) is 4.13. The van der Waals surface area contributed by atoms with Crippen LogP contribution in [0.5, 0.6) is 0 Å². The van der Waals surface area contributed by atoms with Crippen LogP contribution in [0.4, 0.5) is 0 Å². The van der Waals surface area contributed by atoms with Crippen molar-refractivity contribution in [2.45, 2.75) is 63.5 Å². The van der Waals surface area contributed by atoms with E-state index in [0.29, 0.717) is 23.9 Å². The molecule has 1 amide bonds. The molecule has 3 fully saturated rings. The van der Waals surface area contributed by atoms with Crippen molar-refractivity contribution in [2.24, 2.45) is 11.7 Å². The zero-order valence-electron chi connectivity index (χ0n) is 12.6. The lowest BCUT2D eigenvalue weighted by Crippen LogP contribution is -2.46. The normalized spacial score (nSPS) is 30.9. The molecule has 0 aromatic rings. The Labute approximate surface area is 122 Å². The highest BCUT2D eigenvalue weighted by molar-refractivity contribution is 5.79. The average molecular weight is 279 g/mol. The molecule has 1 atom stereocenters. The number of piperidine rings is 1. The second kappa shape index (κ2) is 6.44. The maximum Gasteiger partial charge on any atom is 0.225 e. The van der Waals surface area contributed by atoms with Gasteiger partial charge in [-0.15, -0.1) is 0 Å². The molecule has 1 unspecified atom stereocenters. The molecule has 2 heterocycles. The van der Waals surface area contributed by atoms with Gasteiger partial charge >= 0.3 is 0 Å². The number of nitrogens with zero attached hydrogens (tertiary/aromatic N) is 2. The van der Waals surface area contributed by atoms with Gasteiger partial charge in [0, 0.05) is 31.1 Å². The first-order valence-electron chi connectivity index (χ1n) is 8.52. The second-order valence-corrected chi connectivity index (χ2v) is 6.94. The Hall–Kier alpha value is -0.610. The summed E-state index contributed by atoms with van der Waals surface area (Å²) in [5.41, 5.74) is 5.98. The molecule has 4 nitrogen and oxygen atoms in total. The van der Waals surface area contributed by atoms with Gasteiger partial charge in [0.15, 0.2) is 0 Å². The summed E-state index contributed by atoms with van der Waals surface area (Å²) in [6.07, 6.45) is 9.46. The predicted octanol–water partition coefficient (Wildman–Crippen LogP) is 1.59. The highest BCUT2D eigenvalue weighted by atomic mass is 16.2. The highest BCUT2D eigenvalue weighted by Gasteiger charge is 2.34. The molecule has 2 aliphatic heterocycles. The van der Waals surface area contributed by atoms with Crippen molar-refractivity contribution in [3.8, 4) is 0 Å². The molecule has 0 bridgehead atoms. The summed E-state index contributed by atoms with van der Waals surface area (Å²) in [6.45, 7) is 4.18. The van der Waals surface area contributed by atoms with E-state index in [0.717, 1.165) is 58.3 Å². The lowest BCUT2D eigenvalue weighted by Gasteiger charge is -2.35. The Morgan fingerprint density at radius 2 is 1.60 bits per heavy atom. The van der Waals surface area contributed by atoms with Gasteiger partial charge in [-0.2, -0.15) is 0 Å². The first-order chi connectivity index (χ1) is 9.74. The Morgan fingerprint density at radius 3 is 2.30 bits per heavy atom. The summed E-state index contributed by atoms with van der Waals surface area (Å²) in [5, 5.41) is 0. The van der Waals surface area contributed by atoms with Gasteiger partial charge in [-0.05, 0) is 45.2 Å². The second-order valence-electron chi connectivity index (χ2n) is 6.94. The van der Waals surface area contributed by atoms with Crippen LogP contribution in [0.3, 0.4) is 0 Å². The van der Waals surface area contributed by atoms with Gasteiger partial charge in [-0.1, -0.05) is 19.3 Å². The minimum absolute atomic E-state index is 0.331. The van der Waals surface area contributed by atoms with E-state index in [-0.39, 0.29) is 0 Å². The van der Waals surface area contributed by atoms with Crippen LogP contribution < -0.4 is 5.73 Å². The summed E-state index contributed by atoms with van der Waals surface area (Å²) in [4.78, 5) is 17.3. The van der Waals surface area contributed by atoms with E-state index < -0.39 is 0 Å². The number of carbonyl (C=O) groups excluding carboxylic acids is 1. The van der Waals surface area contributed by atoms with Crippen LogP contribution in [0.15, 0.2) is 0 Å². The molecule has 0 aromatic carbocycles. The zero-order valence-corrected chi connectivity index (χ0v) is 12.6. The summed E-state index contributed by atoms with van der Waals surface area (Å²) in [5.74, 6) is 0.776. The number of likely N-dealkylation sites (tertiary alicyclic amines) is 2. The topological polar surface area (TPSA) is 49.6 Å². The Morgan fingerprint density at radius 1 is 0.900 bits per heavy atom. The fourth-order valence-electron chi connectivity index (χ4n) is 4.13. The van der Waals surface area contributed by atoms with Gasteiger partial charge < -0.3 is 10.6 Å². The van der Waals surface area contributed by atoms with Crippen LogP contribution in [0.1, 0.15) is 51.4 Å². The third-order valence-corrected chi connectivity index (χ3v) is 5.52. The van der Waals surface area contributed by atoms with Gasteiger partial charge in [0.2, 0.25) is 5.91 Å². The maximum absolute atomic E-state index is 12.6. The zero-order chi connectivity index (χ0) is 13.9. The third kappa shape index (κ3) is 3.17. The largest absolute Gasteiger partial charge is 0.341 e. The van der Waals surface area contributed by atoms with Crippen molar-refractivity contribution in [3.05, 3.63) is 0 Å². The van der Waals surface area contributed by atoms with E-state index in [4.69, 9.17) is 5.73 Å². The molecule has 3 aliphatic rings. The molecule has 0 spiro atoms. The molecule has 20 heavy (non-hydrogen) atoms. The van der Waals surface area contributed by atoms with Crippen LogP contribution in [-0.4, -0.2) is 54.0 Å². The number of hydrogen-bond donors (Lipinski definition) is 1. The Bertz CT molecular complexity index is 333. The average Bonchev–Trinajstić information content (AvgIpc) is 2.98. The number of nitrogens with two attached hydrogens (primary N) is 1. The lowest BCUT2D eigenvalue weighted by molar-refractivity contribution is -0.135. The highest BCUT2D eigenvalue weighted by Crippen LogP contribution is 2.28. The summed E-state index contributed by atoms with van der Waals surface area (Å²) < 4.78 is 0. The fraction of sp³-hybridized carbons (Fsp3) is 0.938. The van der Waals surface area contributed by atoms with Crippen molar-refractivity contribution < 1.29 is 4.79 Å². The molecule has 2 N–H and O–H groups in total. The number of hydrogen-bond acceptors (Lipinski definition) is 3. The minimum atomic E-state index is 0.331. The Kier molecular flexibility index (Phi) is 4.61. The van der Waals surface area contributed by atoms with Gasteiger partial charge in [-0.25, -0.2) is 0 Å². The van der Waals surface area contributed by atoms with E-state index in [2.05, 4.69) is 9.80 Å². The lowest BCUT2D eigenvalue weighted by atomic mass is 9.88. The van der Waals surface area contributed by atoms with Gasteiger partial charge in [0.25, 0.3) is 0 Å². The number of amides is 1. The van der Waals surface area contributed by atoms with E-state index >= 15 is 0 Å². The van der Waals surface area contributed by atoms with E-state index in [1.807, 2.05) is 0 Å². The van der Waals surface area contributed by atoms with Crippen LogP contribution >= 0.6 is 0 Å². The molecule has 0 radical (unpaired) electrons. The van der Waals surface area contributed by atoms with Crippen LogP contribution in [0.2, 0.25) is 0 Å². The minimum Gasteiger partial charge on any atom is -0.341 e. The molecule has 2 saturated heterocycles. The molecule has 1 aliphatic carbocycles. The Balaban J connectivity index is 1.50. The number of rotatable bonds is 2. The van der Waals surface area contributed by atoms with Crippen LogP contribution in [0.25, 0.3) is 0 Å². The van der Waals surface area contributed by atoms with E-state index in [9.17, 15) is 4.79 Å². The summed E-state index contributed by atoms with van der Waals surface area (Å²) in [6, 6.07) is 0.989. The smallest absolute Gasteiger partial charge is 0.225 e. The quantitative estimate of drug-likeness (QED) is 0.835.